The van der Waals surface area contributed by atoms with Crippen molar-refractivity contribution in [3.63, 3.8) is 0 Å². The van der Waals surface area contributed by atoms with Crippen LogP contribution in [0.2, 0.25) is 0 Å². The topological polar surface area (TPSA) is 118 Å². The molecule has 2 aromatic heterocycles. The Kier molecular flexibility index (Phi) is 5.94. The lowest BCUT2D eigenvalue weighted by Gasteiger charge is -2.05. The second-order valence-corrected chi connectivity index (χ2v) is 6.56. The van der Waals surface area contributed by atoms with Gasteiger partial charge in [0.25, 0.3) is 5.91 Å². The number of hydrogen-bond donors (Lipinski definition) is 0. The molecule has 0 bridgehead atoms. The number of ether oxygens (including phenoxy) is 2. The molecular formula is C17H17N5O5S. The van der Waals surface area contributed by atoms with Gasteiger partial charge in [-0.25, -0.2) is 14.5 Å². The lowest BCUT2D eigenvalue weighted by atomic mass is 10.2. The van der Waals surface area contributed by atoms with Gasteiger partial charge in [0.05, 0.1) is 29.5 Å². The smallest absolute Gasteiger partial charge is 0.338 e. The minimum atomic E-state index is -0.487. The van der Waals surface area contributed by atoms with Gasteiger partial charge >= 0.3 is 11.9 Å². The number of nitrogens with zero attached hydrogens (tertiary/aromatic N) is 5. The lowest BCUT2D eigenvalue weighted by Crippen LogP contribution is -2.23. The second-order valence-electron chi connectivity index (χ2n) is 5.55. The number of carbonyl (C=O) groups excluding carboxylic acids is 3. The van der Waals surface area contributed by atoms with Gasteiger partial charge in [-0.1, -0.05) is 11.3 Å². The molecule has 0 spiro atoms. The van der Waals surface area contributed by atoms with Crippen LogP contribution in [-0.2, 0) is 32.2 Å². The maximum absolute atomic E-state index is 12.3. The molecule has 0 unspecified atom stereocenters. The Labute approximate surface area is 163 Å². The van der Waals surface area contributed by atoms with Gasteiger partial charge in [-0.2, -0.15) is 10.1 Å². The SMILES string of the molecule is CCOC(=O)c1ccc2c(c1)sc(=NC(=O)Cn1cncn1)n2CC(=O)OC. The first kappa shape index (κ1) is 19.4. The summed E-state index contributed by atoms with van der Waals surface area (Å²) in [6.45, 7) is 1.79. The van der Waals surface area contributed by atoms with Crippen molar-refractivity contribution in [1.29, 1.82) is 0 Å². The summed E-state index contributed by atoms with van der Waals surface area (Å²) in [6.07, 6.45) is 2.73. The molecule has 0 saturated heterocycles. The van der Waals surface area contributed by atoms with Crippen LogP contribution in [0, 0.1) is 0 Å². The number of methoxy groups -OCH3 is 1. The predicted molar refractivity (Wildman–Crippen MR) is 98.4 cm³/mol. The van der Waals surface area contributed by atoms with Crippen LogP contribution in [0.3, 0.4) is 0 Å². The second kappa shape index (κ2) is 8.57. The third-order valence-electron chi connectivity index (χ3n) is 3.69. The summed E-state index contributed by atoms with van der Waals surface area (Å²) in [5, 5.41) is 3.87. The Morgan fingerprint density at radius 3 is 2.75 bits per heavy atom. The van der Waals surface area contributed by atoms with Crippen molar-refractivity contribution in [2.75, 3.05) is 13.7 Å². The summed E-state index contributed by atoms with van der Waals surface area (Å²) in [4.78, 5) is 44.2. The van der Waals surface area contributed by atoms with E-state index in [0.29, 0.717) is 20.6 Å². The number of aromatic nitrogens is 4. The molecule has 0 aliphatic heterocycles. The van der Waals surface area contributed by atoms with E-state index < -0.39 is 17.8 Å². The van der Waals surface area contributed by atoms with Crippen LogP contribution in [0.5, 0.6) is 0 Å². The maximum atomic E-state index is 12.3. The van der Waals surface area contributed by atoms with Gasteiger partial charge in [0, 0.05) is 0 Å². The van der Waals surface area contributed by atoms with E-state index in [-0.39, 0.29) is 19.7 Å². The van der Waals surface area contributed by atoms with E-state index in [1.165, 1.54) is 35.8 Å². The van der Waals surface area contributed by atoms with E-state index in [0.717, 1.165) is 0 Å². The molecule has 0 aliphatic carbocycles. The summed E-state index contributed by atoms with van der Waals surface area (Å²) in [6, 6.07) is 4.93. The van der Waals surface area contributed by atoms with Crippen LogP contribution in [0.15, 0.2) is 35.8 Å². The Hall–Kier alpha value is -3.34. The third-order valence-corrected chi connectivity index (χ3v) is 4.73. The molecule has 0 N–H and O–H groups in total. The standard InChI is InChI=1S/C17H17N5O5S/c1-3-27-16(25)11-4-5-12-13(6-11)28-17(22(12)8-15(24)26-2)20-14(23)7-21-10-18-9-19-21/h4-6,9-10H,3,7-8H2,1-2H3. The molecule has 10 nitrogen and oxygen atoms in total. The van der Waals surface area contributed by atoms with Gasteiger partial charge in [-0.05, 0) is 25.1 Å². The first-order chi connectivity index (χ1) is 13.5. The largest absolute Gasteiger partial charge is 0.468 e. The van der Waals surface area contributed by atoms with Crippen molar-refractivity contribution in [1.82, 2.24) is 19.3 Å². The summed E-state index contributed by atoms with van der Waals surface area (Å²) >= 11 is 1.18. The zero-order valence-corrected chi connectivity index (χ0v) is 16.0. The highest BCUT2D eigenvalue weighted by molar-refractivity contribution is 7.16. The first-order valence-corrected chi connectivity index (χ1v) is 9.10. The predicted octanol–water partition coefficient (Wildman–Crippen LogP) is 0.771. The van der Waals surface area contributed by atoms with Crippen molar-refractivity contribution in [3.8, 4) is 0 Å². The van der Waals surface area contributed by atoms with Gasteiger partial charge in [0.15, 0.2) is 4.80 Å². The van der Waals surface area contributed by atoms with Crippen LogP contribution >= 0.6 is 11.3 Å². The molecule has 0 radical (unpaired) electrons. The van der Waals surface area contributed by atoms with E-state index >= 15 is 0 Å². The number of thiazole rings is 1. The molecule has 0 atom stereocenters. The van der Waals surface area contributed by atoms with E-state index in [1.54, 1.807) is 29.7 Å². The van der Waals surface area contributed by atoms with Crippen LogP contribution in [-0.4, -0.2) is 50.9 Å². The molecule has 28 heavy (non-hydrogen) atoms. The van der Waals surface area contributed by atoms with Crippen molar-refractivity contribution in [2.45, 2.75) is 20.0 Å². The molecule has 146 valence electrons. The first-order valence-electron chi connectivity index (χ1n) is 8.29. The fraction of sp³-hybridized carbons (Fsp3) is 0.294. The van der Waals surface area contributed by atoms with Crippen LogP contribution < -0.4 is 4.80 Å². The minimum Gasteiger partial charge on any atom is -0.468 e. The normalized spacial score (nSPS) is 11.6. The minimum absolute atomic E-state index is 0.0828. The van der Waals surface area contributed by atoms with Crippen LogP contribution in [0.1, 0.15) is 17.3 Å². The summed E-state index contributed by atoms with van der Waals surface area (Å²) in [5.41, 5.74) is 1.03. The monoisotopic (exact) mass is 403 g/mol. The average molecular weight is 403 g/mol. The highest BCUT2D eigenvalue weighted by Crippen LogP contribution is 2.20. The maximum Gasteiger partial charge on any atom is 0.338 e. The zero-order valence-electron chi connectivity index (χ0n) is 15.2. The summed E-state index contributed by atoms with van der Waals surface area (Å²) in [7, 11) is 1.28. The number of esters is 2. The van der Waals surface area contributed by atoms with Crippen molar-refractivity contribution in [3.05, 3.63) is 41.2 Å². The number of fused-ring (bicyclic) bond motifs is 1. The number of hydrogen-bond acceptors (Lipinski definition) is 8. The van der Waals surface area contributed by atoms with Gasteiger partial charge in [-0.3, -0.25) is 9.59 Å². The Morgan fingerprint density at radius 2 is 2.07 bits per heavy atom. The molecule has 0 aliphatic rings. The molecule has 0 fully saturated rings. The molecular weight excluding hydrogens is 386 g/mol. The fourth-order valence-electron chi connectivity index (χ4n) is 2.44. The van der Waals surface area contributed by atoms with E-state index in [9.17, 15) is 14.4 Å². The Bertz CT molecular complexity index is 1080. The molecule has 3 aromatic rings. The molecule has 1 amide bonds. The summed E-state index contributed by atoms with van der Waals surface area (Å²) < 4.78 is 13.3. The third kappa shape index (κ3) is 4.31. The average Bonchev–Trinajstić information content (AvgIpc) is 3.29. The molecule has 0 saturated carbocycles. The zero-order chi connectivity index (χ0) is 20.1. The highest BCUT2D eigenvalue weighted by Gasteiger charge is 2.15. The fourth-order valence-corrected chi connectivity index (χ4v) is 3.53. The summed E-state index contributed by atoms with van der Waals surface area (Å²) in [5.74, 6) is -1.39. The van der Waals surface area contributed by atoms with E-state index in [4.69, 9.17) is 9.47 Å². The van der Waals surface area contributed by atoms with Crippen molar-refractivity contribution in [2.24, 2.45) is 4.99 Å². The quantitative estimate of drug-likeness (QED) is 0.558. The highest BCUT2D eigenvalue weighted by atomic mass is 32.1. The molecule has 1 aromatic carbocycles. The molecule has 11 heteroatoms. The lowest BCUT2D eigenvalue weighted by molar-refractivity contribution is -0.141. The Balaban J connectivity index is 2.04. The number of amides is 1. The Morgan fingerprint density at radius 1 is 1.25 bits per heavy atom. The molecule has 3 rings (SSSR count). The van der Waals surface area contributed by atoms with Crippen LogP contribution in [0.4, 0.5) is 0 Å². The van der Waals surface area contributed by atoms with E-state index in [1.807, 2.05) is 0 Å². The van der Waals surface area contributed by atoms with Gasteiger partial charge in [0.1, 0.15) is 25.7 Å². The number of rotatable bonds is 6. The van der Waals surface area contributed by atoms with Crippen LogP contribution in [0.25, 0.3) is 10.2 Å². The number of carbonyl (C=O) groups is 3. The van der Waals surface area contributed by atoms with Crippen molar-refractivity contribution < 1.29 is 23.9 Å². The van der Waals surface area contributed by atoms with Gasteiger partial charge in [0.2, 0.25) is 0 Å². The van der Waals surface area contributed by atoms with E-state index in [2.05, 4.69) is 15.1 Å². The molecule has 2 heterocycles. The van der Waals surface area contributed by atoms with Crippen molar-refractivity contribution >= 4 is 39.4 Å². The van der Waals surface area contributed by atoms with Gasteiger partial charge < -0.3 is 14.0 Å². The number of benzene rings is 1. The van der Waals surface area contributed by atoms with Gasteiger partial charge in [-0.15, -0.1) is 0 Å².